The molecule has 11 aliphatic rings. The summed E-state index contributed by atoms with van der Waals surface area (Å²) < 4.78 is 17.3. The highest BCUT2D eigenvalue weighted by Crippen LogP contribution is 2.72. The number of likely N-dealkylation sites (N-methyl/N-ethyl adjacent to an activating group) is 2. The fourth-order valence-electron chi connectivity index (χ4n) is 15.7. The second-order valence-corrected chi connectivity index (χ2v) is 17.9. The van der Waals surface area contributed by atoms with Crippen molar-refractivity contribution in [3.05, 3.63) is 83.0 Å². The Labute approximate surface area is 272 Å². The number of nitrogens with zero attached hydrogens (tertiary/aromatic N) is 4. The number of hydrogen-bond donors (Lipinski definition) is 0. The number of piperidine rings is 2. The molecule has 9 aliphatic heterocycles. The van der Waals surface area contributed by atoms with Crippen LogP contribution in [0.1, 0.15) is 36.8 Å². The van der Waals surface area contributed by atoms with Crippen LogP contribution < -0.4 is 9.80 Å². The van der Waals surface area contributed by atoms with Gasteiger partial charge in [0, 0.05) is 60.7 Å². The normalized spacial score (nSPS) is 53.3. The molecule has 0 N–H and O–H groups in total. The fourth-order valence-corrected chi connectivity index (χ4v) is 15.7. The van der Waals surface area contributed by atoms with Crippen LogP contribution >= 0.6 is 0 Å². The second-order valence-electron chi connectivity index (χ2n) is 17.9. The molecule has 2 aromatic carbocycles. The molecule has 4 unspecified atom stereocenters. The van der Waals surface area contributed by atoms with Gasteiger partial charge in [-0.05, 0) is 34.4 Å². The van der Waals surface area contributed by atoms with Crippen molar-refractivity contribution in [1.29, 1.82) is 0 Å². The Balaban J connectivity index is 1.15. The molecule has 7 fully saturated rings. The molecule has 4 bridgehead atoms. The van der Waals surface area contributed by atoms with Gasteiger partial charge in [0.05, 0.1) is 63.3 Å². The van der Waals surface area contributed by atoms with Gasteiger partial charge < -0.3 is 28.2 Å². The average Bonchev–Trinajstić information content (AvgIpc) is 3.66. The zero-order valence-electron chi connectivity index (χ0n) is 27.2. The number of rotatable bonds is 0. The maximum atomic E-state index is 7.44. The molecule has 13 rings (SSSR count). The van der Waals surface area contributed by atoms with Crippen LogP contribution in [0.25, 0.3) is 0 Å². The van der Waals surface area contributed by atoms with Crippen molar-refractivity contribution in [2.45, 2.75) is 73.1 Å². The van der Waals surface area contributed by atoms with Crippen molar-refractivity contribution in [1.82, 2.24) is 0 Å². The van der Waals surface area contributed by atoms with E-state index >= 15 is 0 Å². The van der Waals surface area contributed by atoms with Crippen LogP contribution in [0.5, 0.6) is 0 Å². The van der Waals surface area contributed by atoms with Gasteiger partial charge in [-0.1, -0.05) is 48.6 Å². The van der Waals surface area contributed by atoms with Crippen LogP contribution in [0.2, 0.25) is 0 Å². The Morgan fingerprint density at radius 2 is 1.11 bits per heavy atom. The monoisotopic (exact) mass is 614 g/mol. The van der Waals surface area contributed by atoms with E-state index in [9.17, 15) is 0 Å². The van der Waals surface area contributed by atoms with Crippen molar-refractivity contribution in [2.75, 3.05) is 63.3 Å². The molecule has 0 radical (unpaired) electrons. The van der Waals surface area contributed by atoms with E-state index in [2.05, 4.69) is 84.6 Å². The van der Waals surface area contributed by atoms with Crippen molar-refractivity contribution in [3.8, 4) is 0 Å². The van der Waals surface area contributed by atoms with Gasteiger partial charge in [0.25, 0.3) is 0 Å². The molecule has 5 saturated heterocycles. The van der Waals surface area contributed by atoms with Gasteiger partial charge >= 0.3 is 0 Å². The fraction of sp³-hybridized carbons (Fsp3) is 0.600. The van der Waals surface area contributed by atoms with Crippen molar-refractivity contribution in [2.24, 2.45) is 23.7 Å². The SMILES string of the molecule is C[N+]12CCC34c5ccccc5N5[C@@H]6OCC=C7C[N+]8(C)CCC9%10c%11ccccc%11N([C@@H]%11OCC=C(C1)[C@H](C[C@@H]32)[C@@H]%11[C@H]54)[C@H]9[C@H]6[C@H]7C[C@@H]%108. The number of ether oxygens (including phenoxy) is 2. The summed E-state index contributed by atoms with van der Waals surface area (Å²) >= 11 is 0. The van der Waals surface area contributed by atoms with E-state index in [0.717, 1.165) is 13.2 Å². The van der Waals surface area contributed by atoms with Crippen LogP contribution in [0.15, 0.2) is 71.8 Å². The summed E-state index contributed by atoms with van der Waals surface area (Å²) in [5, 5.41) is 0. The summed E-state index contributed by atoms with van der Waals surface area (Å²) in [6.07, 6.45) is 10.4. The first kappa shape index (κ1) is 25.4. The van der Waals surface area contributed by atoms with E-state index in [4.69, 9.17) is 9.47 Å². The van der Waals surface area contributed by atoms with Crippen LogP contribution in [0.4, 0.5) is 11.4 Å². The minimum Gasteiger partial charge on any atom is -0.354 e. The average molecular weight is 615 g/mol. The predicted molar refractivity (Wildman–Crippen MR) is 176 cm³/mol. The second kappa shape index (κ2) is 7.64. The van der Waals surface area contributed by atoms with Gasteiger partial charge in [-0.3, -0.25) is 0 Å². The number of anilines is 2. The highest BCUT2D eigenvalue weighted by molar-refractivity contribution is 5.71. The summed E-state index contributed by atoms with van der Waals surface area (Å²) in [4.78, 5) is 5.96. The lowest BCUT2D eigenvalue weighted by Crippen LogP contribution is -2.77. The Kier molecular flexibility index (Phi) is 4.22. The number of para-hydroxylation sites is 2. The third-order valence-electron chi connectivity index (χ3n) is 16.9. The first-order valence-electron chi connectivity index (χ1n) is 18.5. The van der Waals surface area contributed by atoms with Gasteiger partial charge in [0.2, 0.25) is 0 Å². The summed E-state index contributed by atoms with van der Waals surface area (Å²) in [5.74, 6) is 1.97. The zero-order chi connectivity index (χ0) is 29.9. The number of benzene rings is 2. The summed E-state index contributed by atoms with van der Waals surface area (Å²) in [6.45, 7) is 6.48. The highest BCUT2D eigenvalue weighted by atomic mass is 16.5. The third-order valence-corrected chi connectivity index (χ3v) is 16.9. The van der Waals surface area contributed by atoms with Crippen molar-refractivity contribution < 1.29 is 18.4 Å². The lowest BCUT2D eigenvalue weighted by molar-refractivity contribution is -0.925. The maximum absolute atomic E-state index is 7.44. The number of hydrogen-bond acceptors (Lipinski definition) is 4. The Morgan fingerprint density at radius 1 is 0.652 bits per heavy atom. The van der Waals surface area contributed by atoms with Crippen molar-refractivity contribution >= 4 is 11.4 Å². The predicted octanol–water partition coefficient (Wildman–Crippen LogP) is 4.56. The Bertz CT molecular complexity index is 1710. The summed E-state index contributed by atoms with van der Waals surface area (Å²) in [6, 6.07) is 21.5. The number of fused-ring (bicyclic) bond motifs is 6. The quantitative estimate of drug-likeness (QED) is 0.321. The van der Waals surface area contributed by atoms with E-state index in [1.165, 1.54) is 72.2 Å². The van der Waals surface area contributed by atoms with Gasteiger partial charge in [0.1, 0.15) is 37.6 Å². The molecule has 0 amide bonds. The van der Waals surface area contributed by atoms with Crippen LogP contribution in [-0.4, -0.2) is 99.1 Å². The molecule has 2 saturated carbocycles. The molecule has 0 aromatic heterocycles. The molecular weight excluding hydrogens is 568 g/mol. The van der Waals surface area contributed by atoms with Gasteiger partial charge in [-0.25, -0.2) is 0 Å². The van der Waals surface area contributed by atoms with E-state index < -0.39 is 0 Å². The van der Waals surface area contributed by atoms with E-state index in [1.54, 1.807) is 22.3 Å². The van der Waals surface area contributed by atoms with Gasteiger partial charge in [0.15, 0.2) is 0 Å². The van der Waals surface area contributed by atoms with Crippen LogP contribution in [-0.2, 0) is 20.3 Å². The minimum atomic E-state index is 0.0798. The smallest absolute Gasteiger partial charge is 0.136 e. The van der Waals surface area contributed by atoms with E-state index in [-0.39, 0.29) is 23.3 Å². The van der Waals surface area contributed by atoms with E-state index in [1.807, 2.05) is 0 Å². The van der Waals surface area contributed by atoms with Crippen LogP contribution in [0.3, 0.4) is 0 Å². The highest BCUT2D eigenvalue weighted by Gasteiger charge is 2.80. The molecule has 9 heterocycles. The molecule has 2 aliphatic carbocycles. The number of quaternary nitrogens is 2. The molecule has 14 atom stereocenters. The third kappa shape index (κ3) is 2.41. The first-order valence-corrected chi connectivity index (χ1v) is 18.5. The van der Waals surface area contributed by atoms with Gasteiger partial charge in [-0.15, -0.1) is 0 Å². The van der Waals surface area contributed by atoms with Crippen LogP contribution in [0, 0.1) is 23.7 Å². The Morgan fingerprint density at radius 3 is 1.59 bits per heavy atom. The molecule has 6 heteroatoms. The zero-order valence-corrected chi connectivity index (χ0v) is 27.2. The molecular formula is C40H46N4O2+2. The lowest BCUT2D eigenvalue weighted by Gasteiger charge is -2.65. The van der Waals surface area contributed by atoms with Gasteiger partial charge in [-0.2, -0.15) is 0 Å². The summed E-state index contributed by atoms with van der Waals surface area (Å²) in [5.41, 5.74) is 9.97. The molecule has 236 valence electrons. The van der Waals surface area contributed by atoms with E-state index in [0.29, 0.717) is 47.8 Å². The molecule has 2 aromatic rings. The topological polar surface area (TPSA) is 24.9 Å². The minimum absolute atomic E-state index is 0.0798. The Hall–Kier alpha value is -2.64. The van der Waals surface area contributed by atoms with Crippen molar-refractivity contribution in [3.63, 3.8) is 0 Å². The molecule has 46 heavy (non-hydrogen) atoms. The largest absolute Gasteiger partial charge is 0.354 e. The lowest BCUT2D eigenvalue weighted by atomic mass is 9.52. The maximum Gasteiger partial charge on any atom is 0.136 e. The standard InChI is InChI=1S/C40H46N4O2/c1-43-15-13-39-27-7-3-5-9-29(27)41-35(39)33-25(19-31(39)43)23(21-43)11-17-45-37(33)42-30-10-6-4-8-28(30)40-14-16-44(2)22-24-12-18-46-38(41)34(36(40)42)26(24)20-32(40)44/h3-12,25-26,31-38H,13-22H2,1-2H3/q+2/t25-,26-,31-,32-,33+,34+,35-,36-,37+,38+,39?,40?,43?,44?/m0/s1. The molecule has 6 nitrogen and oxygen atoms in total. The summed E-state index contributed by atoms with van der Waals surface area (Å²) in [7, 11) is 5.20. The first-order chi connectivity index (χ1) is 22.5. The molecule has 2 spiro atoms.